The minimum absolute atomic E-state index is 0.0172. The number of likely N-dealkylation sites (tertiary alicyclic amines) is 1. The first-order valence-electron chi connectivity index (χ1n) is 38.7. The SMILES string of the molecule is CCO[C@@H]1C[C@H]2C(=O)NC3(CCC3)C(=O)N(C)[C@@H](C3CCCC3)C(=O)N(C)[C@H](C(=O)N3CCCC3)CC(=O)N(C)[C@@H](CC3CCC3)C(=O)N[C@@H]([C@@H](C)CC)C(=O)N(C)CC(=O)N(C)[C@H]3C/C=C\CCN(C3=O)[C@@H](Cc3ccc(C(F)(F)F)cc3)C(=O)N(C)CC(=O)N[C@@H](CCc3cc(F)c(C(F)(F)F)c(F)c3)C(=O)N2C1. The standard InChI is InChI=1S/C78H106F8N12O13/c1-10-46(3)65-73(108)91(5)45-63(101)92(6)56-25-13-12-16-36-97(72(56)107)60(40-48-26-29-51(30-27-48)77(81,82)83)70(105)90(4)44-61(99)87-55(31-28-49-37-53(79)64(54(80)38-49)78(84,85)86)69(104)98-43-52(111-11-2)41-58(98)68(103)89-76(32-20-33-76)75(110)95(9)66(50-23-14-15-24-50)74(109)94(8)59(71(106)96-34-17-18-35-96)42-62(100)93(7)57(67(102)88-65)39-47-21-19-22-47/h12-13,26-27,29-30,37-38,46-47,50,52,55-60,65-66H,10-11,14-25,28,31-36,39-45H2,1-9H3,(H,87,99)(H,88,102)(H,89,103)/b13-12-/t46-,52+,55-,56-,57-,58-,59-,60-,65-,66-/m0/s1. The molecule has 3 N–H and O–H groups in total. The second-order valence-electron chi connectivity index (χ2n) is 31.2. The van der Waals surface area contributed by atoms with Crippen molar-refractivity contribution in [3.05, 3.63) is 82.4 Å². The molecule has 4 aliphatic heterocycles. The first-order valence-corrected chi connectivity index (χ1v) is 38.7. The maximum atomic E-state index is 15.7. The van der Waals surface area contributed by atoms with Crippen LogP contribution < -0.4 is 16.0 Å². The lowest BCUT2D eigenvalue weighted by atomic mass is 9.74. The number of rotatable bonds is 13. The van der Waals surface area contributed by atoms with Gasteiger partial charge in [0.15, 0.2) is 0 Å². The lowest BCUT2D eigenvalue weighted by Gasteiger charge is -2.46. The van der Waals surface area contributed by atoms with E-state index in [1.54, 1.807) is 37.8 Å². The van der Waals surface area contributed by atoms with Crippen molar-refractivity contribution in [2.24, 2.45) is 17.8 Å². The number of amides is 12. The van der Waals surface area contributed by atoms with E-state index in [4.69, 9.17) is 4.74 Å². The molecular weight excluding hydrogens is 1460 g/mol. The molecule has 2 aromatic rings. The Hall–Kier alpha value is -8.78. The maximum Gasteiger partial charge on any atom is 0.422 e. The molecule has 12 amide bonds. The average molecular weight is 1570 g/mol. The van der Waals surface area contributed by atoms with Gasteiger partial charge >= 0.3 is 12.4 Å². The highest BCUT2D eigenvalue weighted by atomic mass is 19.4. The van der Waals surface area contributed by atoms with Gasteiger partial charge in [-0.05, 0) is 137 Å². The van der Waals surface area contributed by atoms with Gasteiger partial charge in [-0.1, -0.05) is 76.7 Å². The average Bonchev–Trinajstić information content (AvgIpc) is 1.74. The first kappa shape index (κ1) is 86.2. The van der Waals surface area contributed by atoms with Crippen LogP contribution in [0.3, 0.4) is 0 Å². The van der Waals surface area contributed by atoms with Gasteiger partial charge in [-0.3, -0.25) is 57.5 Å². The van der Waals surface area contributed by atoms with Crippen molar-refractivity contribution in [2.45, 2.75) is 228 Å². The zero-order valence-corrected chi connectivity index (χ0v) is 64.7. The number of halogens is 8. The summed E-state index contributed by atoms with van der Waals surface area (Å²) in [4.78, 5) is 193. The monoisotopic (exact) mass is 1570 g/mol. The lowest BCUT2D eigenvalue weighted by Crippen LogP contribution is -2.68. The Morgan fingerprint density at radius 2 is 1.27 bits per heavy atom. The largest absolute Gasteiger partial charge is 0.422 e. The van der Waals surface area contributed by atoms with Crippen molar-refractivity contribution in [3.63, 3.8) is 0 Å². The summed E-state index contributed by atoms with van der Waals surface area (Å²) in [5.41, 5.74) is -5.22. The smallest absolute Gasteiger partial charge is 0.377 e. The number of nitrogens with zero attached hydrogens (tertiary/aromatic N) is 9. The fourth-order valence-electron chi connectivity index (χ4n) is 16.5. The van der Waals surface area contributed by atoms with Gasteiger partial charge in [0.2, 0.25) is 70.9 Å². The summed E-state index contributed by atoms with van der Waals surface area (Å²) in [5.74, 6) is -14.7. The number of likely N-dealkylation sites (N-methyl/N-ethyl adjacent to an activating group) is 6. The van der Waals surface area contributed by atoms with Crippen LogP contribution in [-0.2, 0) is 87.5 Å². The Balaban J connectivity index is 1.13. The van der Waals surface area contributed by atoms with Gasteiger partial charge in [0.05, 0.1) is 31.2 Å². The summed E-state index contributed by atoms with van der Waals surface area (Å²) in [6.45, 7) is 3.66. The fraction of sp³-hybridized carbons (Fsp3) is 0.667. The van der Waals surface area contributed by atoms with Gasteiger partial charge in [0.1, 0.15) is 71.1 Å². The van der Waals surface area contributed by atoms with E-state index in [1.165, 1.54) is 49.9 Å². The molecule has 2 bridgehead atoms. The van der Waals surface area contributed by atoms with Crippen LogP contribution in [0.2, 0.25) is 0 Å². The molecule has 4 heterocycles. The maximum absolute atomic E-state index is 15.7. The summed E-state index contributed by atoms with van der Waals surface area (Å²) >= 11 is 0. The summed E-state index contributed by atoms with van der Waals surface area (Å²) in [6, 6.07) is -7.08. The van der Waals surface area contributed by atoms with Crippen LogP contribution in [0.25, 0.3) is 0 Å². The highest BCUT2D eigenvalue weighted by Crippen LogP contribution is 2.40. The molecule has 10 atom stereocenters. The summed E-state index contributed by atoms with van der Waals surface area (Å²) < 4.78 is 120. The third-order valence-corrected chi connectivity index (χ3v) is 23.8. The second kappa shape index (κ2) is 36.8. The highest BCUT2D eigenvalue weighted by Gasteiger charge is 2.54. The number of carbonyl (C=O) groups excluding carboxylic acids is 12. The molecule has 33 heteroatoms. The van der Waals surface area contributed by atoms with Crippen molar-refractivity contribution in [3.8, 4) is 0 Å². The quantitative estimate of drug-likeness (QED) is 0.144. The molecule has 0 radical (unpaired) electrons. The van der Waals surface area contributed by atoms with Crippen LogP contribution in [0.1, 0.15) is 165 Å². The fourth-order valence-corrected chi connectivity index (χ4v) is 16.5. The predicted octanol–water partition coefficient (Wildman–Crippen LogP) is 6.42. The number of benzene rings is 2. The molecule has 9 rings (SSSR count). The van der Waals surface area contributed by atoms with Crippen LogP contribution >= 0.6 is 0 Å². The van der Waals surface area contributed by atoms with Gasteiger partial charge in [-0.15, -0.1) is 0 Å². The van der Waals surface area contributed by atoms with Crippen LogP contribution in [0, 0.1) is 29.4 Å². The zero-order chi connectivity index (χ0) is 81.3. The number of alkyl halides is 6. The molecule has 3 saturated heterocycles. The van der Waals surface area contributed by atoms with Crippen LogP contribution in [0.15, 0.2) is 48.6 Å². The summed E-state index contributed by atoms with van der Waals surface area (Å²) in [6.07, 6.45) is -3.47. The van der Waals surface area contributed by atoms with Crippen molar-refractivity contribution in [1.82, 2.24) is 60.0 Å². The van der Waals surface area contributed by atoms with E-state index in [9.17, 15) is 40.7 Å². The second-order valence-corrected chi connectivity index (χ2v) is 31.2. The molecule has 3 aliphatic carbocycles. The predicted molar refractivity (Wildman–Crippen MR) is 388 cm³/mol. The Bertz CT molecular complexity index is 3770. The lowest BCUT2D eigenvalue weighted by molar-refractivity contribution is -0.158. The number of hydrogen-bond acceptors (Lipinski definition) is 13. The molecule has 7 aliphatic rings. The van der Waals surface area contributed by atoms with Crippen molar-refractivity contribution < 1.29 is 97.4 Å². The Labute approximate surface area is 642 Å². The van der Waals surface area contributed by atoms with Crippen LogP contribution in [-0.4, -0.2) is 263 Å². The van der Waals surface area contributed by atoms with E-state index in [0.717, 1.165) is 75.1 Å². The van der Waals surface area contributed by atoms with E-state index in [-0.39, 0.29) is 69.7 Å². The molecular formula is C78H106F8N12O13. The van der Waals surface area contributed by atoms with Crippen molar-refractivity contribution in [2.75, 3.05) is 88.2 Å². The van der Waals surface area contributed by atoms with Gasteiger partial charge in [0.25, 0.3) is 0 Å². The van der Waals surface area contributed by atoms with Gasteiger partial charge in [0, 0.05) is 87.9 Å². The number of ether oxygens (including phenoxy) is 1. The third-order valence-electron chi connectivity index (χ3n) is 23.8. The van der Waals surface area contributed by atoms with E-state index in [0.29, 0.717) is 76.6 Å². The van der Waals surface area contributed by atoms with E-state index in [1.807, 2.05) is 0 Å². The number of aryl methyl sites for hydroxylation is 1. The summed E-state index contributed by atoms with van der Waals surface area (Å²) in [7, 11) is 8.02. The van der Waals surface area contributed by atoms with E-state index in [2.05, 4.69) is 16.0 Å². The summed E-state index contributed by atoms with van der Waals surface area (Å²) in [5, 5.41) is 8.38. The number of fused-ring (bicyclic) bond motifs is 3. The van der Waals surface area contributed by atoms with Gasteiger partial charge in [-0.2, -0.15) is 26.3 Å². The first-order chi connectivity index (χ1) is 52.4. The van der Waals surface area contributed by atoms with Crippen LogP contribution in [0.5, 0.6) is 0 Å². The van der Waals surface area contributed by atoms with E-state index < -0.39 is 222 Å². The van der Waals surface area contributed by atoms with Crippen LogP contribution in [0.4, 0.5) is 35.1 Å². The Morgan fingerprint density at radius 1 is 0.631 bits per heavy atom. The van der Waals surface area contributed by atoms with E-state index >= 15 is 51.9 Å². The van der Waals surface area contributed by atoms with Crippen molar-refractivity contribution >= 4 is 70.9 Å². The minimum atomic E-state index is -5.46. The molecule has 6 fully saturated rings. The molecule has 0 unspecified atom stereocenters. The number of carbonyl (C=O) groups is 12. The molecule has 111 heavy (non-hydrogen) atoms. The molecule has 1 spiro atoms. The molecule has 3 saturated carbocycles. The zero-order valence-electron chi connectivity index (χ0n) is 64.7. The molecule has 25 nitrogen and oxygen atoms in total. The van der Waals surface area contributed by atoms with Gasteiger partial charge in [-0.25, -0.2) is 8.78 Å². The minimum Gasteiger partial charge on any atom is -0.377 e. The normalized spacial score (nSPS) is 27.2. The topological polar surface area (TPSA) is 279 Å². The van der Waals surface area contributed by atoms with Gasteiger partial charge < -0.3 is 64.8 Å². The molecule has 612 valence electrons. The number of hydrogen-bond donors (Lipinski definition) is 3. The number of nitrogens with one attached hydrogen (secondary N) is 3. The Kier molecular flexibility index (Phi) is 28.6. The molecule has 0 aromatic heterocycles. The third kappa shape index (κ3) is 20.2. The van der Waals surface area contributed by atoms with Crippen molar-refractivity contribution in [1.29, 1.82) is 0 Å². The Morgan fingerprint density at radius 3 is 1.85 bits per heavy atom. The highest BCUT2D eigenvalue weighted by molar-refractivity contribution is 6.01. The molecule has 2 aromatic carbocycles.